The van der Waals surface area contributed by atoms with E-state index in [1.165, 1.54) is 21.3 Å². The molecule has 1 aromatic rings. The Morgan fingerprint density at radius 2 is 1.76 bits per heavy atom. The van der Waals surface area contributed by atoms with E-state index in [9.17, 15) is 9.90 Å². The number of hydrogen-bond acceptors (Lipinski definition) is 5. The van der Waals surface area contributed by atoms with Gasteiger partial charge >= 0.3 is 0 Å². The molecule has 0 unspecified atom stereocenters. The zero-order valence-corrected chi connectivity index (χ0v) is 9.98. The second-order valence-electron chi connectivity index (χ2n) is 3.30. The van der Waals surface area contributed by atoms with Gasteiger partial charge in [0.1, 0.15) is 5.97 Å². The fraction of sp³-hybridized carbons (Fsp3) is 0.364. The van der Waals surface area contributed by atoms with Crippen molar-refractivity contribution in [3.8, 4) is 17.2 Å². The highest BCUT2D eigenvalue weighted by Crippen LogP contribution is 2.41. The molecule has 17 heavy (non-hydrogen) atoms. The molecule has 0 saturated carbocycles. The molecule has 0 spiro atoms. The molecule has 1 rings (SSSR count). The molecule has 0 bridgehead atoms. The van der Waals surface area contributed by atoms with Gasteiger partial charge in [-0.1, -0.05) is 0 Å². The Morgan fingerprint density at radius 3 is 2.18 bits per heavy atom. The van der Waals surface area contributed by atoms with Crippen molar-refractivity contribution in [2.75, 3.05) is 21.3 Å². The zero-order chi connectivity index (χ0) is 13.0. The monoisotopic (exact) mass is 241 g/mol. The third-order valence-corrected chi connectivity index (χ3v) is 2.39. The van der Waals surface area contributed by atoms with E-state index in [1.807, 2.05) is 0 Å². The number of carbonyl (C=O) groups excluding carboxylic acids is 1. The number of benzene rings is 1. The third kappa shape index (κ3) is 2.42. The summed E-state index contributed by atoms with van der Waals surface area (Å²) in [5.41, 5.74) is 3.89. The van der Waals surface area contributed by atoms with E-state index in [0.29, 0.717) is 17.1 Å². The molecule has 0 aliphatic carbocycles. The maximum Gasteiger partial charge on any atom is 0.203 e. The maximum absolute atomic E-state index is 10.8. The Labute approximate surface area is 98.9 Å². The summed E-state index contributed by atoms with van der Waals surface area (Å²) in [5, 5.41) is 10.8. The number of carboxylic acid groups (broad SMARTS) is 1. The molecule has 0 fully saturated rings. The average molecular weight is 241 g/mol. The lowest BCUT2D eigenvalue weighted by Crippen LogP contribution is -2.61. The van der Waals surface area contributed by atoms with Crippen molar-refractivity contribution in [3.63, 3.8) is 0 Å². The van der Waals surface area contributed by atoms with Gasteiger partial charge in [-0.2, -0.15) is 0 Å². The molecule has 0 aliphatic heterocycles. The van der Waals surface area contributed by atoms with Crippen LogP contribution >= 0.6 is 0 Å². The quantitative estimate of drug-likeness (QED) is 0.694. The molecule has 0 aromatic heterocycles. The molecule has 0 radical (unpaired) electrons. The first-order valence-corrected chi connectivity index (χ1v) is 4.89. The van der Waals surface area contributed by atoms with Crippen molar-refractivity contribution in [2.24, 2.45) is 0 Å². The smallest absolute Gasteiger partial charge is 0.203 e. The largest absolute Gasteiger partial charge is 0.544 e. The van der Waals surface area contributed by atoms with Crippen LogP contribution in [0.4, 0.5) is 0 Å². The predicted molar refractivity (Wildman–Crippen MR) is 56.7 cm³/mol. The highest BCUT2D eigenvalue weighted by atomic mass is 16.5. The van der Waals surface area contributed by atoms with E-state index >= 15 is 0 Å². The number of rotatable bonds is 5. The van der Waals surface area contributed by atoms with Crippen LogP contribution in [-0.2, 0) is 4.79 Å². The highest BCUT2D eigenvalue weighted by Gasteiger charge is 2.22. The van der Waals surface area contributed by atoms with E-state index in [0.717, 1.165) is 0 Å². The van der Waals surface area contributed by atoms with Crippen LogP contribution in [0.1, 0.15) is 11.6 Å². The lowest BCUT2D eigenvalue weighted by Gasteiger charge is -2.18. The summed E-state index contributed by atoms with van der Waals surface area (Å²) in [7, 11) is 4.35. The number of ether oxygens (including phenoxy) is 3. The van der Waals surface area contributed by atoms with Gasteiger partial charge in [-0.3, -0.25) is 0 Å². The Hall–Kier alpha value is -1.95. The molecule has 94 valence electrons. The molecular formula is C11H15NO5. The molecule has 3 N–H and O–H groups in total. The van der Waals surface area contributed by atoms with Gasteiger partial charge in [0.15, 0.2) is 17.5 Å². The van der Waals surface area contributed by atoms with Crippen LogP contribution < -0.4 is 25.1 Å². The minimum absolute atomic E-state index is 0.288. The van der Waals surface area contributed by atoms with Crippen molar-refractivity contribution in [2.45, 2.75) is 6.04 Å². The van der Waals surface area contributed by atoms with E-state index in [-0.39, 0.29) is 5.75 Å². The second kappa shape index (κ2) is 5.40. The fourth-order valence-corrected chi connectivity index (χ4v) is 1.53. The summed E-state index contributed by atoms with van der Waals surface area (Å²) in [6.07, 6.45) is 0. The van der Waals surface area contributed by atoms with E-state index in [1.54, 1.807) is 12.1 Å². The highest BCUT2D eigenvalue weighted by molar-refractivity contribution is 5.74. The van der Waals surface area contributed by atoms with Gasteiger partial charge in [-0.05, 0) is 12.1 Å². The number of carboxylic acids is 1. The minimum Gasteiger partial charge on any atom is -0.544 e. The Morgan fingerprint density at radius 1 is 1.18 bits per heavy atom. The van der Waals surface area contributed by atoms with Crippen LogP contribution in [0, 0.1) is 0 Å². The lowest BCUT2D eigenvalue weighted by molar-refractivity contribution is -0.443. The van der Waals surface area contributed by atoms with E-state index in [2.05, 4.69) is 5.73 Å². The molecule has 0 heterocycles. The third-order valence-electron chi connectivity index (χ3n) is 2.39. The van der Waals surface area contributed by atoms with Crippen molar-refractivity contribution in [1.29, 1.82) is 0 Å². The predicted octanol–water partition coefficient (Wildman–Crippen LogP) is -1.25. The van der Waals surface area contributed by atoms with Gasteiger partial charge in [0.05, 0.1) is 26.9 Å². The first kappa shape index (κ1) is 13.1. The molecule has 6 heteroatoms. The summed E-state index contributed by atoms with van der Waals surface area (Å²) in [5.74, 6) is -0.201. The van der Waals surface area contributed by atoms with Gasteiger partial charge in [-0.25, -0.2) is 0 Å². The van der Waals surface area contributed by atoms with Crippen molar-refractivity contribution >= 4 is 5.97 Å². The summed E-state index contributed by atoms with van der Waals surface area (Å²) >= 11 is 0. The molecule has 1 aromatic carbocycles. The van der Waals surface area contributed by atoms with Crippen molar-refractivity contribution in [1.82, 2.24) is 0 Å². The standard InChI is InChI=1S/C11H15NO5/c1-15-7-5-4-6(8(12)11(13)14)9(16-2)10(7)17-3/h4-5,8H,12H2,1-3H3,(H,13,14)/t8-/m0/s1. The minimum atomic E-state index is -1.28. The van der Waals surface area contributed by atoms with Crippen LogP contribution in [0.3, 0.4) is 0 Å². The molecule has 0 aliphatic rings. The topological polar surface area (TPSA) is 95.5 Å². The normalized spacial score (nSPS) is 11.8. The summed E-state index contributed by atoms with van der Waals surface area (Å²) in [6, 6.07) is 2.12. The lowest BCUT2D eigenvalue weighted by atomic mass is 10.1. The van der Waals surface area contributed by atoms with Crippen LogP contribution in [0.2, 0.25) is 0 Å². The van der Waals surface area contributed by atoms with Crippen molar-refractivity contribution < 1.29 is 29.8 Å². The van der Waals surface area contributed by atoms with E-state index < -0.39 is 12.0 Å². The summed E-state index contributed by atoms with van der Waals surface area (Å²) < 4.78 is 15.4. The average Bonchev–Trinajstić information content (AvgIpc) is 2.35. The Bertz CT molecular complexity index is 419. The number of carbonyl (C=O) groups is 1. The fourth-order valence-electron chi connectivity index (χ4n) is 1.53. The van der Waals surface area contributed by atoms with Crippen LogP contribution in [0.15, 0.2) is 12.1 Å². The number of hydrogen-bond donors (Lipinski definition) is 1. The summed E-state index contributed by atoms with van der Waals surface area (Å²) in [4.78, 5) is 10.8. The van der Waals surface area contributed by atoms with Crippen molar-refractivity contribution in [3.05, 3.63) is 17.7 Å². The number of methoxy groups -OCH3 is 3. The zero-order valence-electron chi connectivity index (χ0n) is 9.98. The SMILES string of the molecule is COc1ccc([C@H]([NH3+])C(=O)[O-])c(OC)c1OC. The summed E-state index contributed by atoms with van der Waals surface area (Å²) in [6.45, 7) is 0. The maximum atomic E-state index is 10.8. The second-order valence-corrected chi connectivity index (χ2v) is 3.30. The van der Waals surface area contributed by atoms with Crippen LogP contribution in [-0.4, -0.2) is 27.3 Å². The Balaban J connectivity index is 3.37. The van der Waals surface area contributed by atoms with Gasteiger partial charge in [0.2, 0.25) is 5.75 Å². The number of aliphatic carboxylic acids is 1. The molecular weight excluding hydrogens is 226 g/mol. The van der Waals surface area contributed by atoms with E-state index in [4.69, 9.17) is 14.2 Å². The number of quaternary nitrogens is 1. The van der Waals surface area contributed by atoms with Gasteiger partial charge in [0.25, 0.3) is 0 Å². The first-order valence-electron chi connectivity index (χ1n) is 4.89. The van der Waals surface area contributed by atoms with Gasteiger partial charge < -0.3 is 29.8 Å². The van der Waals surface area contributed by atoms with Crippen LogP contribution in [0.25, 0.3) is 0 Å². The molecule has 0 saturated heterocycles. The van der Waals surface area contributed by atoms with Crippen LogP contribution in [0.5, 0.6) is 17.2 Å². The Kier molecular flexibility index (Phi) is 4.17. The molecule has 0 amide bonds. The first-order chi connectivity index (χ1) is 8.06. The van der Waals surface area contributed by atoms with Gasteiger partial charge in [-0.15, -0.1) is 0 Å². The molecule has 6 nitrogen and oxygen atoms in total. The van der Waals surface area contributed by atoms with Gasteiger partial charge in [0, 0.05) is 0 Å². The molecule has 1 atom stereocenters.